The molecule has 1 amide bonds. The largest absolute Gasteiger partial charge is 0.368 e. The molecule has 0 saturated carbocycles. The highest BCUT2D eigenvalue weighted by Crippen LogP contribution is 2.25. The van der Waals surface area contributed by atoms with Gasteiger partial charge >= 0.3 is 0 Å². The van der Waals surface area contributed by atoms with E-state index in [0.29, 0.717) is 6.54 Å². The van der Waals surface area contributed by atoms with Gasteiger partial charge in [0.1, 0.15) is 5.01 Å². The predicted octanol–water partition coefficient (Wildman–Crippen LogP) is 2.65. The predicted molar refractivity (Wildman–Crippen MR) is 84.8 cm³/mol. The van der Waals surface area contributed by atoms with E-state index < -0.39 is 0 Å². The molecule has 2 aromatic rings. The van der Waals surface area contributed by atoms with E-state index in [1.807, 2.05) is 18.2 Å². The highest BCUT2D eigenvalue weighted by atomic mass is 32.1. The molecule has 1 fully saturated rings. The van der Waals surface area contributed by atoms with E-state index in [9.17, 15) is 4.79 Å². The summed E-state index contributed by atoms with van der Waals surface area (Å²) in [6.07, 6.45) is 3.07. The Morgan fingerprint density at radius 1 is 1.33 bits per heavy atom. The summed E-state index contributed by atoms with van der Waals surface area (Å²) >= 11 is 1.65. The molecule has 0 spiro atoms. The van der Waals surface area contributed by atoms with Crippen molar-refractivity contribution in [1.82, 2.24) is 9.88 Å². The fourth-order valence-corrected chi connectivity index (χ4v) is 3.62. The molecule has 4 nitrogen and oxygen atoms in total. The fraction of sp³-hybridized carbons (Fsp3) is 0.375. The number of benzene rings is 1. The summed E-state index contributed by atoms with van der Waals surface area (Å²) in [5, 5.41) is 3.10. The Morgan fingerprint density at radius 2 is 2.14 bits per heavy atom. The molecule has 1 aliphatic heterocycles. The number of primary amides is 1. The highest BCUT2D eigenvalue weighted by molar-refractivity contribution is 7.13. The number of piperidine rings is 1. The van der Waals surface area contributed by atoms with Crippen molar-refractivity contribution < 1.29 is 4.79 Å². The maximum absolute atomic E-state index is 11.5. The van der Waals surface area contributed by atoms with Gasteiger partial charge in [-0.3, -0.25) is 9.69 Å². The third-order valence-electron chi connectivity index (χ3n) is 3.88. The molecule has 0 aliphatic carbocycles. The van der Waals surface area contributed by atoms with Crippen molar-refractivity contribution in [3.05, 3.63) is 41.4 Å². The standard InChI is InChI=1S/C16H19N3OS/c17-15(20)14-8-4-5-9-19(14)10-13-11-21-16(18-13)12-6-2-1-3-7-12/h1-3,6-7,11,14H,4-5,8-10H2,(H2,17,20). The molecule has 1 unspecified atom stereocenters. The van der Waals surface area contributed by atoms with Crippen LogP contribution in [0, 0.1) is 0 Å². The van der Waals surface area contributed by atoms with Crippen LogP contribution in [0.15, 0.2) is 35.7 Å². The number of carbonyl (C=O) groups is 1. The van der Waals surface area contributed by atoms with E-state index in [-0.39, 0.29) is 11.9 Å². The second-order valence-corrected chi connectivity index (χ2v) is 6.25. The molecular weight excluding hydrogens is 282 g/mol. The molecule has 1 aliphatic rings. The van der Waals surface area contributed by atoms with Crippen molar-refractivity contribution in [3.8, 4) is 10.6 Å². The van der Waals surface area contributed by atoms with E-state index in [4.69, 9.17) is 10.7 Å². The minimum Gasteiger partial charge on any atom is -0.368 e. The molecule has 2 heterocycles. The van der Waals surface area contributed by atoms with Gasteiger partial charge in [0.15, 0.2) is 0 Å². The summed E-state index contributed by atoms with van der Waals surface area (Å²) in [6.45, 7) is 1.63. The van der Waals surface area contributed by atoms with Gasteiger partial charge in [0.05, 0.1) is 11.7 Å². The topological polar surface area (TPSA) is 59.2 Å². The Labute approximate surface area is 128 Å². The van der Waals surface area contributed by atoms with Crippen molar-refractivity contribution >= 4 is 17.2 Å². The third kappa shape index (κ3) is 3.31. The van der Waals surface area contributed by atoms with Gasteiger partial charge in [0.2, 0.25) is 5.91 Å². The lowest BCUT2D eigenvalue weighted by molar-refractivity contribution is -0.124. The van der Waals surface area contributed by atoms with Gasteiger partial charge in [0.25, 0.3) is 0 Å². The molecule has 1 saturated heterocycles. The minimum atomic E-state index is -0.215. The van der Waals surface area contributed by atoms with Gasteiger partial charge in [-0.05, 0) is 19.4 Å². The minimum absolute atomic E-state index is 0.138. The Bertz CT molecular complexity index is 611. The molecule has 21 heavy (non-hydrogen) atoms. The maximum atomic E-state index is 11.5. The molecule has 0 bridgehead atoms. The summed E-state index contributed by atoms with van der Waals surface area (Å²) in [7, 11) is 0. The Morgan fingerprint density at radius 3 is 2.90 bits per heavy atom. The van der Waals surface area contributed by atoms with Crippen molar-refractivity contribution in [1.29, 1.82) is 0 Å². The lowest BCUT2D eigenvalue weighted by Crippen LogP contribution is -2.47. The molecule has 3 rings (SSSR count). The van der Waals surface area contributed by atoms with Crippen molar-refractivity contribution in [2.45, 2.75) is 31.8 Å². The average molecular weight is 301 g/mol. The van der Waals surface area contributed by atoms with Gasteiger partial charge in [-0.15, -0.1) is 11.3 Å². The zero-order valence-electron chi connectivity index (χ0n) is 11.9. The number of hydrogen-bond acceptors (Lipinski definition) is 4. The molecule has 2 N–H and O–H groups in total. The molecule has 5 heteroatoms. The summed E-state index contributed by atoms with van der Waals surface area (Å²) in [6, 6.07) is 10.0. The summed E-state index contributed by atoms with van der Waals surface area (Å²) in [4.78, 5) is 18.4. The molecular formula is C16H19N3OS. The van der Waals surface area contributed by atoms with Crippen molar-refractivity contribution in [2.24, 2.45) is 5.73 Å². The van der Waals surface area contributed by atoms with Crippen LogP contribution in [0.5, 0.6) is 0 Å². The zero-order valence-corrected chi connectivity index (χ0v) is 12.7. The average Bonchev–Trinajstić information content (AvgIpc) is 2.97. The first-order valence-electron chi connectivity index (χ1n) is 7.27. The highest BCUT2D eigenvalue weighted by Gasteiger charge is 2.27. The monoisotopic (exact) mass is 301 g/mol. The number of aromatic nitrogens is 1. The van der Waals surface area contributed by atoms with Crippen LogP contribution in [-0.2, 0) is 11.3 Å². The summed E-state index contributed by atoms with van der Waals surface area (Å²) < 4.78 is 0. The number of hydrogen-bond donors (Lipinski definition) is 1. The van der Waals surface area contributed by atoms with Crippen LogP contribution in [-0.4, -0.2) is 28.4 Å². The zero-order chi connectivity index (χ0) is 14.7. The van der Waals surface area contributed by atoms with Crippen LogP contribution >= 0.6 is 11.3 Å². The van der Waals surface area contributed by atoms with Crippen LogP contribution in [0.3, 0.4) is 0 Å². The van der Waals surface area contributed by atoms with Crippen LogP contribution in [0.1, 0.15) is 25.0 Å². The Kier molecular flexibility index (Phi) is 4.31. The smallest absolute Gasteiger partial charge is 0.234 e. The molecule has 1 atom stereocenters. The second-order valence-electron chi connectivity index (χ2n) is 5.39. The number of likely N-dealkylation sites (tertiary alicyclic amines) is 1. The number of rotatable bonds is 4. The Hall–Kier alpha value is -1.72. The van der Waals surface area contributed by atoms with Crippen LogP contribution in [0.2, 0.25) is 0 Å². The Balaban J connectivity index is 1.73. The maximum Gasteiger partial charge on any atom is 0.234 e. The van der Waals surface area contributed by atoms with Gasteiger partial charge in [-0.2, -0.15) is 0 Å². The molecule has 1 aromatic heterocycles. The molecule has 1 aromatic carbocycles. The van der Waals surface area contributed by atoms with E-state index >= 15 is 0 Å². The molecule has 110 valence electrons. The number of carbonyl (C=O) groups excluding carboxylic acids is 1. The van der Waals surface area contributed by atoms with Crippen LogP contribution < -0.4 is 5.73 Å². The quantitative estimate of drug-likeness (QED) is 0.944. The van der Waals surface area contributed by atoms with E-state index in [1.54, 1.807) is 11.3 Å². The summed E-state index contributed by atoms with van der Waals surface area (Å²) in [5.74, 6) is -0.215. The van der Waals surface area contributed by atoms with E-state index in [1.165, 1.54) is 0 Å². The second kappa shape index (κ2) is 6.37. The van der Waals surface area contributed by atoms with E-state index in [0.717, 1.165) is 42.1 Å². The first-order valence-corrected chi connectivity index (χ1v) is 8.15. The normalized spacial score (nSPS) is 19.5. The summed E-state index contributed by atoms with van der Waals surface area (Å²) in [5.41, 5.74) is 7.67. The van der Waals surface area contributed by atoms with Gasteiger partial charge in [-0.25, -0.2) is 4.98 Å². The van der Waals surface area contributed by atoms with Gasteiger partial charge in [0, 0.05) is 17.5 Å². The van der Waals surface area contributed by atoms with Gasteiger partial charge < -0.3 is 5.73 Å². The number of nitrogens with two attached hydrogens (primary N) is 1. The third-order valence-corrected chi connectivity index (χ3v) is 4.82. The van der Waals surface area contributed by atoms with Crippen LogP contribution in [0.4, 0.5) is 0 Å². The van der Waals surface area contributed by atoms with Crippen molar-refractivity contribution in [3.63, 3.8) is 0 Å². The number of thiazole rings is 1. The van der Waals surface area contributed by atoms with Crippen LogP contribution in [0.25, 0.3) is 10.6 Å². The van der Waals surface area contributed by atoms with E-state index in [2.05, 4.69) is 22.4 Å². The van der Waals surface area contributed by atoms with Crippen molar-refractivity contribution in [2.75, 3.05) is 6.54 Å². The first-order chi connectivity index (χ1) is 10.2. The lowest BCUT2D eigenvalue weighted by Gasteiger charge is -2.32. The van der Waals surface area contributed by atoms with Gasteiger partial charge in [-0.1, -0.05) is 36.8 Å². The lowest BCUT2D eigenvalue weighted by atomic mass is 10.0. The first kappa shape index (κ1) is 14.2. The number of amides is 1. The molecule has 0 radical (unpaired) electrons. The SMILES string of the molecule is NC(=O)C1CCCCN1Cc1csc(-c2ccccc2)n1. The fourth-order valence-electron chi connectivity index (χ4n) is 2.80. The number of nitrogens with zero attached hydrogens (tertiary/aromatic N) is 2.